The Hall–Kier alpha value is -2.61. The number of amides is 2. The van der Waals surface area contributed by atoms with Crippen molar-refractivity contribution in [2.45, 2.75) is 44.3 Å². The van der Waals surface area contributed by atoms with Crippen molar-refractivity contribution in [1.82, 2.24) is 16.0 Å². The zero-order chi connectivity index (χ0) is 18.4. The number of phenolic OH excluding ortho intramolecular Hbond substituents is 1. The SMILES string of the molecule is CC(NC(=O)C1CCCN1)C(=O)NC(Cc1ccc(O)cc1)C(=O)O. The highest BCUT2D eigenvalue weighted by molar-refractivity contribution is 5.91. The number of nitrogens with one attached hydrogen (secondary N) is 3. The van der Waals surface area contributed by atoms with Gasteiger partial charge in [0.1, 0.15) is 17.8 Å². The molecule has 0 aromatic heterocycles. The summed E-state index contributed by atoms with van der Waals surface area (Å²) in [4.78, 5) is 35.6. The van der Waals surface area contributed by atoms with Gasteiger partial charge < -0.3 is 26.2 Å². The third-order valence-electron chi connectivity index (χ3n) is 4.12. The molecule has 8 nitrogen and oxygen atoms in total. The van der Waals surface area contributed by atoms with Crippen molar-refractivity contribution in [3.05, 3.63) is 29.8 Å². The molecule has 1 aliphatic heterocycles. The van der Waals surface area contributed by atoms with E-state index in [9.17, 15) is 24.6 Å². The Bertz CT molecular complexity index is 626. The van der Waals surface area contributed by atoms with Crippen LogP contribution in [0.3, 0.4) is 0 Å². The summed E-state index contributed by atoms with van der Waals surface area (Å²) in [5, 5.41) is 26.6. The average molecular weight is 349 g/mol. The van der Waals surface area contributed by atoms with E-state index in [0.717, 1.165) is 19.4 Å². The molecule has 25 heavy (non-hydrogen) atoms. The minimum Gasteiger partial charge on any atom is -0.508 e. The maximum atomic E-state index is 12.2. The minimum atomic E-state index is -1.17. The van der Waals surface area contributed by atoms with Crippen molar-refractivity contribution >= 4 is 17.8 Å². The summed E-state index contributed by atoms with van der Waals surface area (Å²) >= 11 is 0. The molecule has 3 unspecified atom stereocenters. The molecule has 2 amide bonds. The van der Waals surface area contributed by atoms with Crippen molar-refractivity contribution in [3.63, 3.8) is 0 Å². The van der Waals surface area contributed by atoms with E-state index >= 15 is 0 Å². The van der Waals surface area contributed by atoms with Crippen LogP contribution in [0.2, 0.25) is 0 Å². The van der Waals surface area contributed by atoms with Crippen molar-refractivity contribution in [2.24, 2.45) is 0 Å². The van der Waals surface area contributed by atoms with E-state index in [1.807, 2.05) is 0 Å². The second kappa shape index (κ2) is 8.48. The predicted molar refractivity (Wildman–Crippen MR) is 90.0 cm³/mol. The summed E-state index contributed by atoms with van der Waals surface area (Å²) < 4.78 is 0. The Morgan fingerprint density at radius 2 is 1.92 bits per heavy atom. The fourth-order valence-corrected chi connectivity index (χ4v) is 2.65. The van der Waals surface area contributed by atoms with Gasteiger partial charge in [0, 0.05) is 6.42 Å². The van der Waals surface area contributed by atoms with E-state index in [4.69, 9.17) is 0 Å². The third kappa shape index (κ3) is 5.46. The quantitative estimate of drug-likeness (QED) is 0.462. The van der Waals surface area contributed by atoms with Crippen molar-refractivity contribution in [3.8, 4) is 5.75 Å². The van der Waals surface area contributed by atoms with Gasteiger partial charge in [0.25, 0.3) is 0 Å². The maximum absolute atomic E-state index is 12.2. The standard InChI is InChI=1S/C17H23N3O5/c1-10(19-16(23)13-3-2-8-18-13)15(22)20-14(17(24)25)9-11-4-6-12(21)7-5-11/h4-7,10,13-14,18,21H,2-3,8-9H2,1H3,(H,19,23)(H,20,22)(H,24,25). The van der Waals surface area contributed by atoms with E-state index in [0.29, 0.717) is 5.56 Å². The highest BCUT2D eigenvalue weighted by Gasteiger charge is 2.27. The van der Waals surface area contributed by atoms with Crippen LogP contribution in [0.5, 0.6) is 5.75 Å². The van der Waals surface area contributed by atoms with Gasteiger partial charge in [0.2, 0.25) is 11.8 Å². The average Bonchev–Trinajstić information content (AvgIpc) is 3.10. The largest absolute Gasteiger partial charge is 0.508 e. The molecular formula is C17H23N3O5. The van der Waals surface area contributed by atoms with Gasteiger partial charge in [-0.05, 0) is 44.0 Å². The molecule has 1 aromatic rings. The van der Waals surface area contributed by atoms with Gasteiger partial charge in [-0.1, -0.05) is 12.1 Å². The number of aliphatic carboxylic acids is 1. The van der Waals surface area contributed by atoms with Crippen LogP contribution in [-0.2, 0) is 20.8 Å². The summed E-state index contributed by atoms with van der Waals surface area (Å²) in [6, 6.07) is 3.82. The van der Waals surface area contributed by atoms with Crippen LogP contribution < -0.4 is 16.0 Å². The van der Waals surface area contributed by atoms with E-state index < -0.39 is 24.0 Å². The van der Waals surface area contributed by atoms with Gasteiger partial charge in [0.15, 0.2) is 0 Å². The minimum absolute atomic E-state index is 0.0756. The molecular weight excluding hydrogens is 326 g/mol. The summed E-state index contributed by atoms with van der Waals surface area (Å²) in [5.41, 5.74) is 0.664. The monoisotopic (exact) mass is 349 g/mol. The summed E-state index contributed by atoms with van der Waals surface area (Å²) in [6.45, 7) is 2.29. The summed E-state index contributed by atoms with van der Waals surface area (Å²) in [5.74, 6) is -1.91. The molecule has 3 atom stereocenters. The van der Waals surface area contributed by atoms with Gasteiger partial charge in [-0.3, -0.25) is 9.59 Å². The fraction of sp³-hybridized carbons (Fsp3) is 0.471. The molecule has 0 spiro atoms. The lowest BCUT2D eigenvalue weighted by Crippen LogP contribution is -2.53. The Morgan fingerprint density at radius 3 is 2.48 bits per heavy atom. The topological polar surface area (TPSA) is 128 Å². The first-order valence-corrected chi connectivity index (χ1v) is 8.21. The molecule has 1 saturated heterocycles. The zero-order valence-electron chi connectivity index (χ0n) is 14.0. The molecule has 0 saturated carbocycles. The van der Waals surface area contributed by atoms with E-state index in [1.54, 1.807) is 12.1 Å². The number of carboxylic acid groups (broad SMARTS) is 1. The van der Waals surface area contributed by atoms with Crippen LogP contribution >= 0.6 is 0 Å². The lowest BCUT2D eigenvalue weighted by molar-refractivity contribution is -0.142. The second-order valence-corrected chi connectivity index (χ2v) is 6.15. The first kappa shape index (κ1) is 18.7. The number of aromatic hydroxyl groups is 1. The Kier molecular flexibility index (Phi) is 6.35. The van der Waals surface area contributed by atoms with Gasteiger partial charge in [-0.25, -0.2) is 4.79 Å². The molecule has 5 N–H and O–H groups in total. The van der Waals surface area contributed by atoms with Gasteiger partial charge in [0.05, 0.1) is 6.04 Å². The molecule has 2 rings (SSSR count). The van der Waals surface area contributed by atoms with Crippen LogP contribution in [0, 0.1) is 0 Å². The van der Waals surface area contributed by atoms with Crippen molar-refractivity contribution < 1.29 is 24.6 Å². The number of carbonyl (C=O) groups is 3. The Morgan fingerprint density at radius 1 is 1.24 bits per heavy atom. The molecule has 1 aliphatic rings. The van der Waals surface area contributed by atoms with Gasteiger partial charge >= 0.3 is 5.97 Å². The van der Waals surface area contributed by atoms with Crippen LogP contribution in [0.4, 0.5) is 0 Å². The van der Waals surface area contributed by atoms with Crippen LogP contribution in [0.1, 0.15) is 25.3 Å². The first-order chi connectivity index (χ1) is 11.9. The Labute approximate surface area is 145 Å². The number of carboxylic acids is 1. The number of rotatable bonds is 7. The van der Waals surface area contributed by atoms with E-state index in [2.05, 4.69) is 16.0 Å². The fourth-order valence-electron chi connectivity index (χ4n) is 2.65. The third-order valence-corrected chi connectivity index (χ3v) is 4.12. The molecule has 1 heterocycles. The van der Waals surface area contributed by atoms with E-state index in [1.165, 1.54) is 19.1 Å². The first-order valence-electron chi connectivity index (χ1n) is 8.21. The number of phenols is 1. The van der Waals surface area contributed by atoms with Crippen LogP contribution in [-0.4, -0.2) is 52.7 Å². The molecule has 8 heteroatoms. The van der Waals surface area contributed by atoms with Gasteiger partial charge in [-0.15, -0.1) is 0 Å². The van der Waals surface area contributed by atoms with Crippen LogP contribution in [0.25, 0.3) is 0 Å². The highest BCUT2D eigenvalue weighted by Crippen LogP contribution is 2.11. The number of hydrogen-bond donors (Lipinski definition) is 5. The number of benzene rings is 1. The van der Waals surface area contributed by atoms with Gasteiger partial charge in [-0.2, -0.15) is 0 Å². The maximum Gasteiger partial charge on any atom is 0.326 e. The summed E-state index contributed by atoms with van der Waals surface area (Å²) in [7, 11) is 0. The summed E-state index contributed by atoms with van der Waals surface area (Å²) in [6.07, 6.45) is 1.71. The highest BCUT2D eigenvalue weighted by atomic mass is 16.4. The molecule has 1 fully saturated rings. The lowest BCUT2D eigenvalue weighted by atomic mass is 10.1. The second-order valence-electron chi connectivity index (χ2n) is 6.15. The van der Waals surface area contributed by atoms with Crippen molar-refractivity contribution in [1.29, 1.82) is 0 Å². The molecule has 0 bridgehead atoms. The van der Waals surface area contributed by atoms with E-state index in [-0.39, 0.29) is 24.1 Å². The molecule has 1 aromatic carbocycles. The molecule has 0 radical (unpaired) electrons. The lowest BCUT2D eigenvalue weighted by Gasteiger charge is -2.20. The smallest absolute Gasteiger partial charge is 0.326 e. The number of hydrogen-bond acceptors (Lipinski definition) is 5. The molecule has 136 valence electrons. The molecule has 0 aliphatic carbocycles. The normalized spacial score (nSPS) is 19.0. The Balaban J connectivity index is 1.91. The van der Waals surface area contributed by atoms with Crippen molar-refractivity contribution in [2.75, 3.05) is 6.54 Å². The number of carbonyl (C=O) groups excluding carboxylic acids is 2. The van der Waals surface area contributed by atoms with Crippen LogP contribution in [0.15, 0.2) is 24.3 Å². The zero-order valence-corrected chi connectivity index (χ0v) is 14.0. The predicted octanol–water partition coefficient (Wildman–Crippen LogP) is -0.239.